The van der Waals surface area contributed by atoms with E-state index in [1.807, 2.05) is 0 Å². The van der Waals surface area contributed by atoms with Gasteiger partial charge in [0.05, 0.1) is 12.3 Å². The summed E-state index contributed by atoms with van der Waals surface area (Å²) < 4.78 is 23.6. The van der Waals surface area contributed by atoms with Gasteiger partial charge in [0.25, 0.3) is 0 Å². The van der Waals surface area contributed by atoms with E-state index >= 15 is 0 Å². The summed E-state index contributed by atoms with van der Waals surface area (Å²) in [5.74, 6) is 0.0131. The van der Waals surface area contributed by atoms with Gasteiger partial charge in [-0.25, -0.2) is 4.39 Å². The maximum absolute atomic E-state index is 13.1. The lowest BCUT2D eigenvalue weighted by atomic mass is 10.1. The van der Waals surface area contributed by atoms with Crippen molar-refractivity contribution in [3.63, 3.8) is 0 Å². The van der Waals surface area contributed by atoms with E-state index in [2.05, 4.69) is 5.16 Å². The van der Waals surface area contributed by atoms with Crippen molar-refractivity contribution in [3.05, 3.63) is 29.6 Å². The maximum atomic E-state index is 13.1. The van der Waals surface area contributed by atoms with Gasteiger partial charge >= 0.3 is 0 Å². The molecular weight excluding hydrogens is 237 g/mol. The summed E-state index contributed by atoms with van der Waals surface area (Å²) >= 11 is 0. The summed E-state index contributed by atoms with van der Waals surface area (Å²) in [5, 5.41) is 11.8. The number of nitrogens with zero attached hydrogens (tertiary/aromatic N) is 1. The van der Waals surface area contributed by atoms with Crippen LogP contribution in [0.5, 0.6) is 5.75 Å². The minimum absolute atomic E-state index is 0.378. The SMILES string of the molecule is COCCCCOc1cc(F)ccc1/C(C)=N/O. The monoisotopic (exact) mass is 255 g/mol. The third-order valence-corrected chi connectivity index (χ3v) is 2.48. The quantitative estimate of drug-likeness (QED) is 0.353. The Morgan fingerprint density at radius 3 is 2.72 bits per heavy atom. The van der Waals surface area contributed by atoms with Crippen LogP contribution in [-0.4, -0.2) is 31.2 Å². The molecule has 0 bridgehead atoms. The molecule has 0 aromatic heterocycles. The predicted octanol–water partition coefficient (Wildman–Crippen LogP) is 2.83. The predicted molar refractivity (Wildman–Crippen MR) is 67.0 cm³/mol. The molecule has 0 radical (unpaired) electrons. The first kappa shape index (κ1) is 14.4. The van der Waals surface area contributed by atoms with E-state index in [4.69, 9.17) is 14.7 Å². The number of hydrogen-bond donors (Lipinski definition) is 1. The van der Waals surface area contributed by atoms with Gasteiger partial charge in [-0.05, 0) is 31.9 Å². The van der Waals surface area contributed by atoms with E-state index in [0.29, 0.717) is 30.2 Å². The Bertz CT molecular complexity index is 407. The molecule has 100 valence electrons. The van der Waals surface area contributed by atoms with Crippen LogP contribution in [0.1, 0.15) is 25.3 Å². The van der Waals surface area contributed by atoms with Crippen LogP contribution in [0.15, 0.2) is 23.4 Å². The number of methoxy groups -OCH3 is 1. The van der Waals surface area contributed by atoms with Crippen molar-refractivity contribution < 1.29 is 19.1 Å². The molecule has 4 nitrogen and oxygen atoms in total. The average molecular weight is 255 g/mol. The van der Waals surface area contributed by atoms with Gasteiger partial charge in [0, 0.05) is 25.3 Å². The van der Waals surface area contributed by atoms with Gasteiger partial charge in [-0.1, -0.05) is 5.16 Å². The highest BCUT2D eigenvalue weighted by Crippen LogP contribution is 2.21. The Labute approximate surface area is 106 Å². The van der Waals surface area contributed by atoms with Crippen LogP contribution in [0, 0.1) is 5.82 Å². The van der Waals surface area contributed by atoms with Crippen LogP contribution >= 0.6 is 0 Å². The number of unbranched alkanes of at least 4 members (excludes halogenated alkanes) is 1. The third-order valence-electron chi connectivity index (χ3n) is 2.48. The molecule has 0 unspecified atom stereocenters. The summed E-state index contributed by atoms with van der Waals surface area (Å²) in [6, 6.07) is 4.14. The van der Waals surface area contributed by atoms with Crippen LogP contribution in [-0.2, 0) is 4.74 Å². The highest BCUT2D eigenvalue weighted by molar-refractivity contribution is 6.00. The normalized spacial score (nSPS) is 11.6. The largest absolute Gasteiger partial charge is 0.493 e. The minimum Gasteiger partial charge on any atom is -0.493 e. The smallest absolute Gasteiger partial charge is 0.131 e. The summed E-state index contributed by atoms with van der Waals surface area (Å²) in [5.41, 5.74) is 0.979. The first-order chi connectivity index (χ1) is 8.69. The van der Waals surface area contributed by atoms with E-state index in [1.165, 1.54) is 18.2 Å². The van der Waals surface area contributed by atoms with Crippen molar-refractivity contribution in [2.45, 2.75) is 19.8 Å². The Morgan fingerprint density at radius 1 is 1.33 bits per heavy atom. The van der Waals surface area contributed by atoms with Gasteiger partial charge in [0.15, 0.2) is 0 Å². The molecule has 0 aliphatic heterocycles. The second-order valence-electron chi connectivity index (χ2n) is 3.87. The van der Waals surface area contributed by atoms with E-state index in [-0.39, 0.29) is 5.82 Å². The van der Waals surface area contributed by atoms with Gasteiger partial charge < -0.3 is 14.7 Å². The van der Waals surface area contributed by atoms with Gasteiger partial charge in [0.2, 0.25) is 0 Å². The Balaban J connectivity index is 2.65. The first-order valence-electron chi connectivity index (χ1n) is 5.79. The van der Waals surface area contributed by atoms with Crippen LogP contribution in [0.4, 0.5) is 4.39 Å². The molecule has 0 aliphatic rings. The fourth-order valence-corrected chi connectivity index (χ4v) is 1.50. The van der Waals surface area contributed by atoms with Crippen LogP contribution < -0.4 is 4.74 Å². The maximum Gasteiger partial charge on any atom is 0.131 e. The van der Waals surface area contributed by atoms with E-state index < -0.39 is 0 Å². The number of ether oxygens (including phenoxy) is 2. The lowest BCUT2D eigenvalue weighted by molar-refractivity contribution is 0.184. The summed E-state index contributed by atoms with van der Waals surface area (Å²) in [6.45, 7) is 2.78. The molecule has 5 heteroatoms. The second kappa shape index (κ2) is 7.66. The number of benzene rings is 1. The lowest BCUT2D eigenvalue weighted by Crippen LogP contribution is -2.05. The van der Waals surface area contributed by atoms with Gasteiger partial charge in [-0.3, -0.25) is 0 Å². The van der Waals surface area contributed by atoms with Crippen molar-refractivity contribution in [1.29, 1.82) is 0 Å². The molecule has 1 aromatic rings. The van der Waals surface area contributed by atoms with Crippen molar-refractivity contribution in [1.82, 2.24) is 0 Å². The Hall–Kier alpha value is -1.62. The highest BCUT2D eigenvalue weighted by Gasteiger charge is 2.08. The molecule has 0 spiro atoms. The van der Waals surface area contributed by atoms with Crippen molar-refractivity contribution in [3.8, 4) is 5.75 Å². The Kier molecular flexibility index (Phi) is 6.14. The van der Waals surface area contributed by atoms with Gasteiger partial charge in [-0.15, -0.1) is 0 Å². The number of rotatable bonds is 7. The molecule has 0 fully saturated rings. The lowest BCUT2D eigenvalue weighted by Gasteiger charge is -2.10. The van der Waals surface area contributed by atoms with Crippen molar-refractivity contribution in [2.75, 3.05) is 20.3 Å². The summed E-state index contributed by atoms with van der Waals surface area (Å²) in [7, 11) is 1.65. The van der Waals surface area contributed by atoms with Gasteiger partial charge in [-0.2, -0.15) is 0 Å². The average Bonchev–Trinajstić information content (AvgIpc) is 2.38. The zero-order valence-corrected chi connectivity index (χ0v) is 10.6. The molecule has 0 saturated carbocycles. The van der Waals surface area contributed by atoms with E-state index in [0.717, 1.165) is 12.8 Å². The minimum atomic E-state index is -0.378. The molecule has 0 aliphatic carbocycles. The van der Waals surface area contributed by atoms with Crippen LogP contribution in [0.2, 0.25) is 0 Å². The number of oxime groups is 1. The highest BCUT2D eigenvalue weighted by atomic mass is 19.1. The number of halogens is 1. The van der Waals surface area contributed by atoms with Crippen molar-refractivity contribution >= 4 is 5.71 Å². The molecule has 0 atom stereocenters. The molecule has 0 heterocycles. The summed E-state index contributed by atoms with van der Waals surface area (Å²) in [4.78, 5) is 0. The van der Waals surface area contributed by atoms with Gasteiger partial charge in [0.1, 0.15) is 11.6 Å². The standard InChI is InChI=1S/C13H18FNO3/c1-10(15-16)12-6-5-11(14)9-13(12)18-8-4-3-7-17-2/h5-6,9,16H,3-4,7-8H2,1-2H3/b15-10+. The topological polar surface area (TPSA) is 51.0 Å². The summed E-state index contributed by atoms with van der Waals surface area (Å²) in [6.07, 6.45) is 1.70. The molecule has 0 amide bonds. The molecular formula is C13H18FNO3. The fourth-order valence-electron chi connectivity index (χ4n) is 1.50. The zero-order chi connectivity index (χ0) is 13.4. The van der Waals surface area contributed by atoms with Crippen LogP contribution in [0.3, 0.4) is 0 Å². The fraction of sp³-hybridized carbons (Fsp3) is 0.462. The molecule has 1 aromatic carbocycles. The second-order valence-corrected chi connectivity index (χ2v) is 3.87. The van der Waals surface area contributed by atoms with E-state index in [1.54, 1.807) is 14.0 Å². The van der Waals surface area contributed by atoms with E-state index in [9.17, 15) is 4.39 Å². The zero-order valence-electron chi connectivity index (χ0n) is 10.6. The molecule has 1 rings (SSSR count). The van der Waals surface area contributed by atoms with Crippen LogP contribution in [0.25, 0.3) is 0 Å². The molecule has 18 heavy (non-hydrogen) atoms. The Morgan fingerprint density at radius 2 is 2.06 bits per heavy atom. The molecule has 1 N–H and O–H groups in total. The first-order valence-corrected chi connectivity index (χ1v) is 5.79. The third kappa shape index (κ3) is 4.33. The molecule has 0 saturated heterocycles. The van der Waals surface area contributed by atoms with Crippen molar-refractivity contribution in [2.24, 2.45) is 5.16 Å². The number of hydrogen-bond acceptors (Lipinski definition) is 4.